The van der Waals surface area contributed by atoms with Gasteiger partial charge in [-0.1, -0.05) is 23.2 Å². The Morgan fingerprint density at radius 2 is 1.89 bits per heavy atom. The summed E-state index contributed by atoms with van der Waals surface area (Å²) in [7, 11) is 0. The summed E-state index contributed by atoms with van der Waals surface area (Å²) in [6.07, 6.45) is -0.239. The summed E-state index contributed by atoms with van der Waals surface area (Å²) < 4.78 is 0. The molecule has 2 N–H and O–H groups in total. The number of nitrogens with one attached hydrogen (secondary N) is 2. The minimum Gasteiger partial charge on any atom is -0.353 e. The molecule has 18 heavy (non-hydrogen) atoms. The van der Waals surface area contributed by atoms with Crippen LogP contribution >= 0.6 is 23.2 Å². The molecule has 0 heterocycles. The third-order valence-electron chi connectivity index (χ3n) is 1.98. The standard InChI is InChI=1S/C12H14Cl2N2O2/c1-7(2)15-11(17)6-12(18)16-10-4-3-8(13)5-9(10)14/h3-5,7H,6H2,1-2H3,(H,15,17)(H,16,18). The molecule has 0 aromatic heterocycles. The Morgan fingerprint density at radius 3 is 2.44 bits per heavy atom. The van der Waals surface area contributed by atoms with Crippen LogP contribution in [-0.2, 0) is 9.59 Å². The van der Waals surface area contributed by atoms with Crippen molar-refractivity contribution in [2.24, 2.45) is 0 Å². The van der Waals surface area contributed by atoms with Crippen molar-refractivity contribution in [3.05, 3.63) is 28.2 Å². The largest absolute Gasteiger partial charge is 0.353 e. The van der Waals surface area contributed by atoms with Gasteiger partial charge in [-0.05, 0) is 32.0 Å². The molecule has 0 aliphatic rings. The first-order valence-corrected chi connectivity index (χ1v) is 6.18. The van der Waals surface area contributed by atoms with Gasteiger partial charge >= 0.3 is 0 Å². The van der Waals surface area contributed by atoms with E-state index in [2.05, 4.69) is 10.6 Å². The number of rotatable bonds is 4. The van der Waals surface area contributed by atoms with Gasteiger partial charge in [0.15, 0.2) is 0 Å². The Balaban J connectivity index is 2.57. The molecule has 0 unspecified atom stereocenters. The van der Waals surface area contributed by atoms with Gasteiger partial charge < -0.3 is 10.6 Å². The molecule has 0 radical (unpaired) electrons. The van der Waals surface area contributed by atoms with Crippen LogP contribution in [0.5, 0.6) is 0 Å². The van der Waals surface area contributed by atoms with E-state index in [0.29, 0.717) is 15.7 Å². The molecule has 0 aliphatic carbocycles. The van der Waals surface area contributed by atoms with Gasteiger partial charge in [-0.25, -0.2) is 0 Å². The van der Waals surface area contributed by atoms with Gasteiger partial charge in [-0.2, -0.15) is 0 Å². The minimum absolute atomic E-state index is 0.00409. The summed E-state index contributed by atoms with van der Waals surface area (Å²) in [5, 5.41) is 6.00. The number of halogens is 2. The van der Waals surface area contributed by atoms with Crippen LogP contribution in [0.4, 0.5) is 5.69 Å². The summed E-state index contributed by atoms with van der Waals surface area (Å²) in [5.41, 5.74) is 0.434. The van der Waals surface area contributed by atoms with Crippen LogP contribution < -0.4 is 10.6 Å². The Hall–Kier alpha value is -1.26. The number of carbonyl (C=O) groups excluding carboxylic acids is 2. The lowest BCUT2D eigenvalue weighted by Gasteiger charge is -2.09. The summed E-state index contributed by atoms with van der Waals surface area (Å²) in [6.45, 7) is 3.65. The van der Waals surface area contributed by atoms with Crippen molar-refractivity contribution < 1.29 is 9.59 Å². The topological polar surface area (TPSA) is 58.2 Å². The average molecular weight is 289 g/mol. The second kappa shape index (κ2) is 6.61. The van der Waals surface area contributed by atoms with Crippen LogP contribution in [0.2, 0.25) is 10.0 Å². The van der Waals surface area contributed by atoms with Gasteiger partial charge in [0.25, 0.3) is 0 Å². The molecule has 0 fully saturated rings. The zero-order valence-corrected chi connectivity index (χ0v) is 11.6. The molecular weight excluding hydrogens is 275 g/mol. The number of benzene rings is 1. The quantitative estimate of drug-likeness (QED) is 0.837. The fraction of sp³-hybridized carbons (Fsp3) is 0.333. The second-order valence-electron chi connectivity index (χ2n) is 4.07. The van der Waals surface area contributed by atoms with E-state index >= 15 is 0 Å². The SMILES string of the molecule is CC(C)NC(=O)CC(=O)Nc1ccc(Cl)cc1Cl. The molecule has 0 bridgehead atoms. The Morgan fingerprint density at radius 1 is 1.22 bits per heavy atom. The third kappa shape index (κ3) is 4.94. The van der Waals surface area contributed by atoms with Crippen LogP contribution in [0.1, 0.15) is 20.3 Å². The summed E-state index contributed by atoms with van der Waals surface area (Å²) in [6, 6.07) is 4.72. The molecule has 0 aliphatic heterocycles. The van der Waals surface area contributed by atoms with Crippen LogP contribution in [0.3, 0.4) is 0 Å². The molecule has 1 aromatic rings. The normalized spacial score (nSPS) is 10.3. The van der Waals surface area contributed by atoms with E-state index in [1.165, 1.54) is 6.07 Å². The zero-order valence-electron chi connectivity index (χ0n) is 10.1. The summed E-state index contributed by atoms with van der Waals surface area (Å²) >= 11 is 11.6. The number of amides is 2. The highest BCUT2D eigenvalue weighted by Gasteiger charge is 2.11. The lowest BCUT2D eigenvalue weighted by Crippen LogP contribution is -2.33. The lowest BCUT2D eigenvalue weighted by atomic mass is 10.3. The molecule has 0 atom stereocenters. The zero-order chi connectivity index (χ0) is 13.7. The van der Waals surface area contributed by atoms with Crippen molar-refractivity contribution in [2.45, 2.75) is 26.3 Å². The Kier molecular flexibility index (Phi) is 5.44. The van der Waals surface area contributed by atoms with E-state index in [1.807, 2.05) is 13.8 Å². The van der Waals surface area contributed by atoms with E-state index in [9.17, 15) is 9.59 Å². The van der Waals surface area contributed by atoms with Gasteiger partial charge in [0.2, 0.25) is 11.8 Å². The number of hydrogen-bond donors (Lipinski definition) is 2. The van der Waals surface area contributed by atoms with Crippen LogP contribution in [0.25, 0.3) is 0 Å². The predicted octanol–water partition coefficient (Wildman–Crippen LogP) is 2.85. The van der Waals surface area contributed by atoms with E-state index in [1.54, 1.807) is 12.1 Å². The van der Waals surface area contributed by atoms with Crippen molar-refractivity contribution in [3.8, 4) is 0 Å². The summed E-state index contributed by atoms with van der Waals surface area (Å²) in [4.78, 5) is 22.9. The monoisotopic (exact) mass is 288 g/mol. The van der Waals surface area contributed by atoms with E-state index in [-0.39, 0.29) is 18.4 Å². The molecule has 1 aromatic carbocycles. The molecule has 1 rings (SSSR count). The van der Waals surface area contributed by atoms with E-state index in [0.717, 1.165) is 0 Å². The third-order valence-corrected chi connectivity index (χ3v) is 2.52. The van der Waals surface area contributed by atoms with Crippen LogP contribution in [0.15, 0.2) is 18.2 Å². The van der Waals surface area contributed by atoms with Crippen LogP contribution in [-0.4, -0.2) is 17.9 Å². The highest BCUT2D eigenvalue weighted by atomic mass is 35.5. The number of hydrogen-bond acceptors (Lipinski definition) is 2. The first-order valence-electron chi connectivity index (χ1n) is 5.42. The van der Waals surface area contributed by atoms with Gasteiger partial charge in [-0.3, -0.25) is 9.59 Å². The molecular formula is C12H14Cl2N2O2. The van der Waals surface area contributed by atoms with Gasteiger partial charge in [-0.15, -0.1) is 0 Å². The lowest BCUT2D eigenvalue weighted by molar-refractivity contribution is -0.127. The maximum absolute atomic E-state index is 11.6. The highest BCUT2D eigenvalue weighted by Crippen LogP contribution is 2.25. The fourth-order valence-corrected chi connectivity index (χ4v) is 1.76. The van der Waals surface area contributed by atoms with Crippen molar-refractivity contribution in [3.63, 3.8) is 0 Å². The smallest absolute Gasteiger partial charge is 0.233 e. The molecule has 4 nitrogen and oxygen atoms in total. The highest BCUT2D eigenvalue weighted by molar-refractivity contribution is 6.36. The molecule has 0 saturated carbocycles. The van der Waals surface area contributed by atoms with Crippen molar-refractivity contribution in [1.29, 1.82) is 0 Å². The maximum atomic E-state index is 11.6. The first kappa shape index (κ1) is 14.8. The minimum atomic E-state index is -0.419. The fourth-order valence-electron chi connectivity index (χ4n) is 1.30. The molecule has 0 saturated heterocycles. The van der Waals surface area contributed by atoms with E-state index < -0.39 is 5.91 Å². The van der Waals surface area contributed by atoms with Gasteiger partial charge in [0.05, 0.1) is 10.7 Å². The first-order chi connectivity index (χ1) is 8.38. The predicted molar refractivity (Wildman–Crippen MR) is 73.0 cm³/mol. The molecule has 98 valence electrons. The summed E-state index contributed by atoms with van der Waals surface area (Å²) in [5.74, 6) is -0.745. The molecule has 0 spiro atoms. The van der Waals surface area contributed by atoms with Gasteiger partial charge in [0, 0.05) is 11.1 Å². The Bertz CT molecular complexity index is 461. The van der Waals surface area contributed by atoms with E-state index in [4.69, 9.17) is 23.2 Å². The molecule has 2 amide bonds. The van der Waals surface area contributed by atoms with Crippen LogP contribution in [0, 0.1) is 0 Å². The van der Waals surface area contributed by atoms with Crippen molar-refractivity contribution >= 4 is 40.7 Å². The number of carbonyl (C=O) groups is 2. The molecule has 6 heteroatoms. The Labute approximate surface area is 116 Å². The van der Waals surface area contributed by atoms with Gasteiger partial charge in [0.1, 0.15) is 6.42 Å². The second-order valence-corrected chi connectivity index (χ2v) is 4.91. The number of anilines is 1. The average Bonchev–Trinajstić information content (AvgIpc) is 2.20. The van der Waals surface area contributed by atoms with Crippen molar-refractivity contribution in [1.82, 2.24) is 5.32 Å². The maximum Gasteiger partial charge on any atom is 0.233 e. The van der Waals surface area contributed by atoms with Crippen molar-refractivity contribution in [2.75, 3.05) is 5.32 Å².